The van der Waals surface area contributed by atoms with Crippen LogP contribution in [-0.4, -0.2) is 0 Å². The minimum Gasteiger partial charge on any atom is -0.324 e. The maximum absolute atomic E-state index is 6.08. The first-order chi connectivity index (χ1) is 6.84. The van der Waals surface area contributed by atoms with Crippen LogP contribution in [0.5, 0.6) is 0 Å². The SMILES string of the molecule is NC1CCc2cc3c(cc21)CCCC3. The molecular formula is C13H17N. The third-order valence-corrected chi connectivity index (χ3v) is 3.73. The summed E-state index contributed by atoms with van der Waals surface area (Å²) in [6.45, 7) is 0. The lowest BCUT2D eigenvalue weighted by molar-refractivity contribution is 0.681. The number of nitrogens with two attached hydrogens (primary N) is 1. The summed E-state index contributed by atoms with van der Waals surface area (Å²) in [6, 6.07) is 5.13. The molecule has 0 radical (unpaired) electrons. The molecule has 0 bridgehead atoms. The van der Waals surface area contributed by atoms with Gasteiger partial charge >= 0.3 is 0 Å². The van der Waals surface area contributed by atoms with Gasteiger partial charge in [0.25, 0.3) is 0 Å². The van der Waals surface area contributed by atoms with Gasteiger partial charge < -0.3 is 5.73 Å². The van der Waals surface area contributed by atoms with Crippen molar-refractivity contribution in [2.75, 3.05) is 0 Å². The maximum Gasteiger partial charge on any atom is 0.0300 e. The van der Waals surface area contributed by atoms with Gasteiger partial charge in [0.1, 0.15) is 0 Å². The van der Waals surface area contributed by atoms with Gasteiger partial charge in [0, 0.05) is 6.04 Å². The molecule has 74 valence electrons. The van der Waals surface area contributed by atoms with Crippen molar-refractivity contribution in [3.63, 3.8) is 0 Å². The molecule has 0 amide bonds. The lowest BCUT2D eigenvalue weighted by atomic mass is 9.88. The van der Waals surface area contributed by atoms with Gasteiger partial charge in [-0.25, -0.2) is 0 Å². The van der Waals surface area contributed by atoms with E-state index in [1.807, 2.05) is 0 Å². The second-order valence-electron chi connectivity index (χ2n) is 4.67. The van der Waals surface area contributed by atoms with Gasteiger partial charge in [-0.2, -0.15) is 0 Å². The Kier molecular flexibility index (Phi) is 1.88. The maximum atomic E-state index is 6.08. The smallest absolute Gasteiger partial charge is 0.0300 e. The second-order valence-corrected chi connectivity index (χ2v) is 4.67. The molecule has 1 aromatic carbocycles. The van der Waals surface area contributed by atoms with Crippen molar-refractivity contribution in [1.82, 2.24) is 0 Å². The zero-order valence-electron chi connectivity index (χ0n) is 8.55. The summed E-state index contributed by atoms with van der Waals surface area (Å²) in [7, 11) is 0. The Labute approximate surface area is 85.3 Å². The lowest BCUT2D eigenvalue weighted by Crippen LogP contribution is -2.08. The van der Waals surface area contributed by atoms with E-state index < -0.39 is 0 Å². The zero-order chi connectivity index (χ0) is 9.54. The topological polar surface area (TPSA) is 26.0 Å². The molecule has 0 saturated carbocycles. The molecule has 14 heavy (non-hydrogen) atoms. The third-order valence-electron chi connectivity index (χ3n) is 3.73. The van der Waals surface area contributed by atoms with Gasteiger partial charge in [0.2, 0.25) is 0 Å². The molecule has 3 rings (SSSR count). The highest BCUT2D eigenvalue weighted by atomic mass is 14.6. The molecule has 1 atom stereocenters. The molecule has 2 N–H and O–H groups in total. The van der Waals surface area contributed by atoms with Crippen molar-refractivity contribution >= 4 is 0 Å². The Bertz CT molecular complexity index is 367. The van der Waals surface area contributed by atoms with E-state index in [0.29, 0.717) is 6.04 Å². The third kappa shape index (κ3) is 1.19. The number of benzene rings is 1. The molecule has 0 fully saturated rings. The fraction of sp³-hybridized carbons (Fsp3) is 0.538. The molecule has 1 unspecified atom stereocenters. The first-order valence-electron chi connectivity index (χ1n) is 5.75. The van der Waals surface area contributed by atoms with Crippen molar-refractivity contribution < 1.29 is 0 Å². The van der Waals surface area contributed by atoms with Crippen LogP contribution < -0.4 is 5.73 Å². The number of aryl methyl sites for hydroxylation is 3. The first kappa shape index (κ1) is 8.49. The number of fused-ring (bicyclic) bond motifs is 2. The molecule has 2 aliphatic carbocycles. The highest BCUT2D eigenvalue weighted by Gasteiger charge is 2.21. The van der Waals surface area contributed by atoms with Crippen molar-refractivity contribution in [3.05, 3.63) is 34.4 Å². The minimum atomic E-state index is 0.317. The van der Waals surface area contributed by atoms with E-state index in [1.54, 1.807) is 11.1 Å². The summed E-state index contributed by atoms with van der Waals surface area (Å²) >= 11 is 0. The van der Waals surface area contributed by atoms with Gasteiger partial charge in [0.05, 0.1) is 0 Å². The van der Waals surface area contributed by atoms with Gasteiger partial charge in [-0.05, 0) is 60.8 Å². The Hall–Kier alpha value is -0.820. The second kappa shape index (κ2) is 3.09. The Morgan fingerprint density at radius 3 is 2.43 bits per heavy atom. The molecule has 0 heterocycles. The molecular weight excluding hydrogens is 170 g/mol. The standard InChI is InChI=1S/C13H17N/c14-13-6-5-11-7-9-3-1-2-4-10(9)8-12(11)13/h7-8,13H,1-6,14H2. The average Bonchev–Trinajstić information content (AvgIpc) is 2.57. The molecule has 2 aliphatic rings. The summed E-state index contributed by atoms with van der Waals surface area (Å²) in [4.78, 5) is 0. The summed E-state index contributed by atoms with van der Waals surface area (Å²) in [5.74, 6) is 0. The zero-order valence-corrected chi connectivity index (χ0v) is 8.55. The van der Waals surface area contributed by atoms with E-state index in [1.165, 1.54) is 43.2 Å². The van der Waals surface area contributed by atoms with E-state index in [4.69, 9.17) is 5.73 Å². The van der Waals surface area contributed by atoms with E-state index in [-0.39, 0.29) is 0 Å². The number of rotatable bonds is 0. The van der Waals surface area contributed by atoms with E-state index in [9.17, 15) is 0 Å². The average molecular weight is 187 g/mol. The summed E-state index contributed by atoms with van der Waals surface area (Å²) in [6.07, 6.45) is 7.65. The van der Waals surface area contributed by atoms with E-state index >= 15 is 0 Å². The molecule has 1 heteroatoms. The monoisotopic (exact) mass is 187 g/mol. The van der Waals surface area contributed by atoms with Crippen LogP contribution in [0.3, 0.4) is 0 Å². The van der Waals surface area contributed by atoms with E-state index in [0.717, 1.165) is 6.42 Å². The quantitative estimate of drug-likeness (QED) is 0.663. The Balaban J connectivity index is 2.11. The molecule has 0 saturated heterocycles. The molecule has 1 aromatic rings. The van der Waals surface area contributed by atoms with Gasteiger partial charge in [-0.15, -0.1) is 0 Å². The first-order valence-corrected chi connectivity index (χ1v) is 5.75. The normalized spacial score (nSPS) is 24.5. The van der Waals surface area contributed by atoms with Crippen LogP contribution in [0.1, 0.15) is 47.6 Å². The van der Waals surface area contributed by atoms with Crippen LogP contribution in [0.2, 0.25) is 0 Å². The van der Waals surface area contributed by atoms with Crippen LogP contribution in [0.4, 0.5) is 0 Å². The van der Waals surface area contributed by atoms with Crippen molar-refractivity contribution in [3.8, 4) is 0 Å². The fourth-order valence-electron chi connectivity index (χ4n) is 2.88. The lowest BCUT2D eigenvalue weighted by Gasteiger charge is -2.18. The van der Waals surface area contributed by atoms with Crippen molar-refractivity contribution in [2.45, 2.75) is 44.6 Å². The van der Waals surface area contributed by atoms with Gasteiger partial charge in [-0.3, -0.25) is 0 Å². The number of hydrogen-bond donors (Lipinski definition) is 1. The largest absolute Gasteiger partial charge is 0.324 e. The predicted octanol–water partition coefficient (Wildman–Crippen LogP) is 2.51. The van der Waals surface area contributed by atoms with E-state index in [2.05, 4.69) is 12.1 Å². The van der Waals surface area contributed by atoms with Crippen LogP contribution in [0, 0.1) is 0 Å². The molecule has 0 aromatic heterocycles. The summed E-state index contributed by atoms with van der Waals surface area (Å²) in [5, 5.41) is 0. The highest BCUT2D eigenvalue weighted by Crippen LogP contribution is 2.34. The van der Waals surface area contributed by atoms with Crippen molar-refractivity contribution in [2.24, 2.45) is 5.73 Å². The van der Waals surface area contributed by atoms with Crippen LogP contribution in [0.25, 0.3) is 0 Å². The predicted molar refractivity (Wildman–Crippen MR) is 58.3 cm³/mol. The highest BCUT2D eigenvalue weighted by molar-refractivity contribution is 5.43. The Morgan fingerprint density at radius 2 is 1.64 bits per heavy atom. The summed E-state index contributed by atoms with van der Waals surface area (Å²) < 4.78 is 0. The summed E-state index contributed by atoms with van der Waals surface area (Å²) in [5.41, 5.74) is 12.2. The van der Waals surface area contributed by atoms with Crippen LogP contribution in [-0.2, 0) is 19.3 Å². The molecule has 0 aliphatic heterocycles. The molecule has 1 nitrogen and oxygen atoms in total. The fourth-order valence-corrected chi connectivity index (χ4v) is 2.88. The van der Waals surface area contributed by atoms with Crippen LogP contribution >= 0.6 is 0 Å². The van der Waals surface area contributed by atoms with Crippen molar-refractivity contribution in [1.29, 1.82) is 0 Å². The minimum absolute atomic E-state index is 0.317. The van der Waals surface area contributed by atoms with Crippen LogP contribution in [0.15, 0.2) is 12.1 Å². The Morgan fingerprint density at radius 1 is 0.929 bits per heavy atom. The van der Waals surface area contributed by atoms with Gasteiger partial charge in [0.15, 0.2) is 0 Å². The molecule has 0 spiro atoms. The number of hydrogen-bond acceptors (Lipinski definition) is 1. The van der Waals surface area contributed by atoms with Gasteiger partial charge in [-0.1, -0.05) is 12.1 Å².